The van der Waals surface area contributed by atoms with Crippen molar-refractivity contribution >= 4 is 0 Å². The minimum Gasteiger partial charge on any atom is -0.377 e. The first-order valence-electron chi connectivity index (χ1n) is 6.78. The van der Waals surface area contributed by atoms with Gasteiger partial charge in [0, 0.05) is 26.9 Å². The van der Waals surface area contributed by atoms with Crippen LogP contribution >= 0.6 is 0 Å². The van der Waals surface area contributed by atoms with Crippen LogP contribution in [0.3, 0.4) is 0 Å². The molecular formula is C16H20N2O3. The van der Waals surface area contributed by atoms with Gasteiger partial charge in [-0.15, -0.1) is 0 Å². The molecule has 0 aliphatic heterocycles. The first-order chi connectivity index (χ1) is 9.88. The van der Waals surface area contributed by atoms with Crippen LogP contribution in [-0.2, 0) is 18.8 Å². The van der Waals surface area contributed by atoms with Gasteiger partial charge in [-0.25, -0.2) is 4.79 Å². The lowest BCUT2D eigenvalue weighted by atomic mass is 10.0. The molecule has 0 amide bonds. The molecule has 0 saturated heterocycles. The van der Waals surface area contributed by atoms with E-state index in [2.05, 4.69) is 0 Å². The third kappa shape index (κ3) is 2.56. The summed E-state index contributed by atoms with van der Waals surface area (Å²) in [5, 5.41) is 0. The van der Waals surface area contributed by atoms with E-state index in [9.17, 15) is 9.59 Å². The first-order valence-corrected chi connectivity index (χ1v) is 6.78. The Morgan fingerprint density at radius 1 is 1.05 bits per heavy atom. The Morgan fingerprint density at radius 3 is 2.14 bits per heavy atom. The van der Waals surface area contributed by atoms with Crippen LogP contribution in [0.5, 0.6) is 0 Å². The average molecular weight is 288 g/mol. The molecule has 0 saturated carbocycles. The van der Waals surface area contributed by atoms with Gasteiger partial charge in [0.1, 0.15) is 0 Å². The summed E-state index contributed by atoms with van der Waals surface area (Å²) in [4.78, 5) is 24.2. The maximum atomic E-state index is 12.4. The SMILES string of the molecule is CO[C@@H](C)c1ccc(-c2c(C)n(C)c(=O)n(C)c2=O)cc1. The Bertz CT molecular complexity index is 770. The van der Waals surface area contributed by atoms with Crippen LogP contribution in [0.1, 0.15) is 24.3 Å². The second kappa shape index (κ2) is 5.69. The molecule has 0 spiro atoms. The topological polar surface area (TPSA) is 53.2 Å². The highest BCUT2D eigenvalue weighted by molar-refractivity contribution is 5.65. The van der Waals surface area contributed by atoms with E-state index in [0.29, 0.717) is 11.3 Å². The zero-order valence-electron chi connectivity index (χ0n) is 13.0. The van der Waals surface area contributed by atoms with Crippen molar-refractivity contribution in [1.82, 2.24) is 9.13 Å². The molecule has 0 aliphatic rings. The Morgan fingerprint density at radius 2 is 1.62 bits per heavy atom. The third-order valence-electron chi connectivity index (χ3n) is 3.98. The molecule has 0 fully saturated rings. The van der Waals surface area contributed by atoms with Crippen LogP contribution in [0.4, 0.5) is 0 Å². The van der Waals surface area contributed by atoms with Gasteiger partial charge < -0.3 is 9.30 Å². The molecule has 1 atom stereocenters. The van der Waals surface area contributed by atoms with Gasteiger partial charge in [-0.1, -0.05) is 24.3 Å². The van der Waals surface area contributed by atoms with Crippen molar-refractivity contribution in [2.75, 3.05) is 7.11 Å². The molecule has 1 heterocycles. The van der Waals surface area contributed by atoms with E-state index < -0.39 is 0 Å². The largest absolute Gasteiger partial charge is 0.377 e. The lowest BCUT2D eigenvalue weighted by Crippen LogP contribution is -2.39. The van der Waals surface area contributed by atoms with E-state index in [4.69, 9.17) is 4.74 Å². The van der Waals surface area contributed by atoms with Gasteiger partial charge in [-0.2, -0.15) is 0 Å². The highest BCUT2D eigenvalue weighted by Crippen LogP contribution is 2.22. The molecule has 21 heavy (non-hydrogen) atoms. The molecule has 1 aromatic carbocycles. The summed E-state index contributed by atoms with van der Waals surface area (Å²) in [6.45, 7) is 3.75. The van der Waals surface area contributed by atoms with E-state index >= 15 is 0 Å². The van der Waals surface area contributed by atoms with E-state index in [1.165, 1.54) is 11.6 Å². The van der Waals surface area contributed by atoms with Crippen LogP contribution in [0.2, 0.25) is 0 Å². The lowest BCUT2D eigenvalue weighted by Gasteiger charge is -2.14. The zero-order chi connectivity index (χ0) is 15.7. The van der Waals surface area contributed by atoms with E-state index in [1.54, 1.807) is 21.1 Å². The van der Waals surface area contributed by atoms with E-state index in [-0.39, 0.29) is 17.4 Å². The van der Waals surface area contributed by atoms with Gasteiger partial charge in [0.15, 0.2) is 0 Å². The predicted molar refractivity (Wildman–Crippen MR) is 82.5 cm³/mol. The lowest BCUT2D eigenvalue weighted by molar-refractivity contribution is 0.119. The van der Waals surface area contributed by atoms with Crippen LogP contribution in [0, 0.1) is 6.92 Å². The normalized spacial score (nSPS) is 12.4. The monoisotopic (exact) mass is 288 g/mol. The summed E-state index contributed by atoms with van der Waals surface area (Å²) >= 11 is 0. The standard InChI is InChI=1S/C16H20N2O3/c1-10-14(15(19)18(4)16(20)17(10)3)13-8-6-12(7-9-13)11(2)21-5/h6-9,11H,1-5H3/t11-/m0/s1. The second-order valence-corrected chi connectivity index (χ2v) is 5.17. The highest BCUT2D eigenvalue weighted by Gasteiger charge is 2.14. The Hall–Kier alpha value is -2.14. The number of methoxy groups -OCH3 is 1. The average Bonchev–Trinajstić information content (AvgIpc) is 2.51. The zero-order valence-corrected chi connectivity index (χ0v) is 13.0. The molecule has 112 valence electrons. The number of rotatable bonds is 3. The summed E-state index contributed by atoms with van der Waals surface area (Å²) in [6.07, 6.45) is 0.00288. The van der Waals surface area contributed by atoms with Gasteiger partial charge in [0.25, 0.3) is 5.56 Å². The Labute approximate surface area is 123 Å². The molecule has 0 N–H and O–H groups in total. The number of ether oxygens (including phenoxy) is 1. The van der Waals surface area contributed by atoms with Gasteiger partial charge in [-0.3, -0.25) is 9.36 Å². The van der Waals surface area contributed by atoms with Crippen LogP contribution in [0.25, 0.3) is 11.1 Å². The quantitative estimate of drug-likeness (QED) is 0.865. The smallest absolute Gasteiger partial charge is 0.330 e. The number of hydrogen-bond donors (Lipinski definition) is 0. The fourth-order valence-corrected chi connectivity index (χ4v) is 2.33. The summed E-state index contributed by atoms with van der Waals surface area (Å²) in [5.41, 5.74) is 2.47. The fraction of sp³-hybridized carbons (Fsp3) is 0.375. The molecule has 2 aromatic rings. The van der Waals surface area contributed by atoms with Gasteiger partial charge >= 0.3 is 5.69 Å². The fourth-order valence-electron chi connectivity index (χ4n) is 2.33. The van der Waals surface area contributed by atoms with Gasteiger partial charge in [-0.05, 0) is 25.0 Å². The molecule has 0 unspecified atom stereocenters. The molecule has 2 rings (SSSR count). The second-order valence-electron chi connectivity index (χ2n) is 5.17. The van der Waals surface area contributed by atoms with Crippen molar-refractivity contribution in [2.45, 2.75) is 20.0 Å². The molecule has 5 heteroatoms. The molecule has 0 bridgehead atoms. The summed E-state index contributed by atoms with van der Waals surface area (Å²) < 4.78 is 7.89. The predicted octanol–water partition coefficient (Wildman–Crippen LogP) is 1.77. The molecule has 5 nitrogen and oxygen atoms in total. The van der Waals surface area contributed by atoms with Crippen molar-refractivity contribution in [3.05, 3.63) is 56.4 Å². The summed E-state index contributed by atoms with van der Waals surface area (Å²) in [7, 11) is 4.82. The third-order valence-corrected chi connectivity index (χ3v) is 3.98. The van der Waals surface area contributed by atoms with Gasteiger partial charge in [0.2, 0.25) is 0 Å². The maximum Gasteiger partial charge on any atom is 0.330 e. The van der Waals surface area contributed by atoms with Crippen LogP contribution in [-0.4, -0.2) is 16.2 Å². The minimum atomic E-state index is -0.314. The Balaban J connectivity index is 2.63. The molecular weight excluding hydrogens is 268 g/mol. The van der Waals surface area contributed by atoms with Crippen molar-refractivity contribution in [3.8, 4) is 11.1 Å². The van der Waals surface area contributed by atoms with E-state index in [0.717, 1.165) is 15.7 Å². The molecule has 0 radical (unpaired) electrons. The number of nitrogens with zero attached hydrogens (tertiary/aromatic N) is 2. The molecule has 0 aliphatic carbocycles. The number of hydrogen-bond acceptors (Lipinski definition) is 3. The summed E-state index contributed by atoms with van der Waals surface area (Å²) in [6, 6.07) is 7.65. The van der Waals surface area contributed by atoms with Crippen molar-refractivity contribution in [3.63, 3.8) is 0 Å². The highest BCUT2D eigenvalue weighted by atomic mass is 16.5. The first kappa shape index (κ1) is 15.3. The van der Waals surface area contributed by atoms with Crippen molar-refractivity contribution in [2.24, 2.45) is 14.1 Å². The molecule has 1 aromatic heterocycles. The van der Waals surface area contributed by atoms with Crippen molar-refractivity contribution in [1.29, 1.82) is 0 Å². The number of benzene rings is 1. The van der Waals surface area contributed by atoms with Crippen LogP contribution in [0.15, 0.2) is 33.9 Å². The number of aromatic nitrogens is 2. The maximum absolute atomic E-state index is 12.4. The van der Waals surface area contributed by atoms with E-state index in [1.807, 2.05) is 31.2 Å². The van der Waals surface area contributed by atoms with Crippen LogP contribution < -0.4 is 11.2 Å². The minimum absolute atomic E-state index is 0.00288. The van der Waals surface area contributed by atoms with Gasteiger partial charge in [0.05, 0.1) is 11.7 Å². The van der Waals surface area contributed by atoms with Crippen molar-refractivity contribution < 1.29 is 4.74 Å². The Kier molecular flexibility index (Phi) is 4.14. The summed E-state index contributed by atoms with van der Waals surface area (Å²) in [5.74, 6) is 0.